The Kier molecular flexibility index (Phi) is 4.05. The fraction of sp³-hybridized carbons (Fsp3) is 0.316. The summed E-state index contributed by atoms with van der Waals surface area (Å²) in [7, 11) is 0. The molecule has 1 amide bonds. The van der Waals surface area contributed by atoms with Gasteiger partial charge in [0.25, 0.3) is 0 Å². The molecule has 2 nitrogen and oxygen atoms in total. The van der Waals surface area contributed by atoms with E-state index in [1.54, 1.807) is 0 Å². The van der Waals surface area contributed by atoms with E-state index < -0.39 is 0 Å². The maximum atomic E-state index is 11.5. The summed E-state index contributed by atoms with van der Waals surface area (Å²) in [6.45, 7) is 2.00. The SMILES string of the molecule is C[C@@H]1C[C@@H](CCc2ccc(-c3ccccc3)cc2)NC1=O. The minimum Gasteiger partial charge on any atom is -0.353 e. The van der Waals surface area contributed by atoms with Crippen LogP contribution < -0.4 is 5.32 Å². The Bertz CT molecular complexity index is 603. The quantitative estimate of drug-likeness (QED) is 0.906. The lowest BCUT2D eigenvalue weighted by molar-refractivity contribution is -0.122. The molecule has 0 radical (unpaired) electrons. The number of carbonyl (C=O) groups excluding carboxylic acids is 1. The molecule has 1 heterocycles. The number of nitrogens with one attached hydrogen (secondary N) is 1. The van der Waals surface area contributed by atoms with Crippen molar-refractivity contribution in [1.29, 1.82) is 0 Å². The average molecular weight is 279 g/mol. The van der Waals surface area contributed by atoms with E-state index in [0.29, 0.717) is 6.04 Å². The molecule has 21 heavy (non-hydrogen) atoms. The van der Waals surface area contributed by atoms with Gasteiger partial charge in [0.15, 0.2) is 0 Å². The molecular formula is C19H21NO. The summed E-state index contributed by atoms with van der Waals surface area (Å²) in [6.07, 6.45) is 3.02. The first kappa shape index (κ1) is 13.9. The Morgan fingerprint density at radius 2 is 1.67 bits per heavy atom. The van der Waals surface area contributed by atoms with Gasteiger partial charge in [-0.2, -0.15) is 0 Å². The highest BCUT2D eigenvalue weighted by molar-refractivity contribution is 5.80. The predicted molar refractivity (Wildman–Crippen MR) is 85.9 cm³/mol. The number of hydrogen-bond acceptors (Lipinski definition) is 1. The average Bonchev–Trinajstić information content (AvgIpc) is 2.85. The summed E-state index contributed by atoms with van der Waals surface area (Å²) in [4.78, 5) is 11.5. The summed E-state index contributed by atoms with van der Waals surface area (Å²) < 4.78 is 0. The highest BCUT2D eigenvalue weighted by atomic mass is 16.2. The van der Waals surface area contributed by atoms with Crippen LogP contribution >= 0.6 is 0 Å². The first-order chi connectivity index (χ1) is 10.2. The Balaban J connectivity index is 1.59. The van der Waals surface area contributed by atoms with Gasteiger partial charge in [-0.3, -0.25) is 4.79 Å². The highest BCUT2D eigenvalue weighted by Crippen LogP contribution is 2.22. The van der Waals surface area contributed by atoms with Gasteiger partial charge in [-0.1, -0.05) is 61.5 Å². The van der Waals surface area contributed by atoms with Crippen LogP contribution in [0.4, 0.5) is 0 Å². The highest BCUT2D eigenvalue weighted by Gasteiger charge is 2.27. The second-order valence-corrected chi connectivity index (χ2v) is 5.94. The molecule has 2 aromatic carbocycles. The van der Waals surface area contributed by atoms with Crippen LogP contribution in [0.15, 0.2) is 54.6 Å². The fourth-order valence-corrected chi connectivity index (χ4v) is 2.96. The van der Waals surface area contributed by atoms with Crippen molar-refractivity contribution in [3.8, 4) is 11.1 Å². The van der Waals surface area contributed by atoms with Crippen molar-refractivity contribution in [3.63, 3.8) is 0 Å². The van der Waals surface area contributed by atoms with Crippen LogP contribution in [0.25, 0.3) is 11.1 Å². The summed E-state index contributed by atoms with van der Waals surface area (Å²) in [5.41, 5.74) is 3.84. The van der Waals surface area contributed by atoms with E-state index in [9.17, 15) is 4.79 Å². The molecule has 1 N–H and O–H groups in total. The first-order valence-electron chi connectivity index (χ1n) is 7.67. The zero-order chi connectivity index (χ0) is 14.7. The number of carbonyl (C=O) groups is 1. The molecule has 0 bridgehead atoms. The fourth-order valence-electron chi connectivity index (χ4n) is 2.96. The van der Waals surface area contributed by atoms with Crippen molar-refractivity contribution >= 4 is 5.91 Å². The van der Waals surface area contributed by atoms with E-state index in [1.807, 2.05) is 13.0 Å². The monoisotopic (exact) mass is 279 g/mol. The zero-order valence-corrected chi connectivity index (χ0v) is 12.4. The molecule has 1 aliphatic rings. The van der Waals surface area contributed by atoms with Crippen molar-refractivity contribution in [1.82, 2.24) is 5.32 Å². The predicted octanol–water partition coefficient (Wildman–Crippen LogP) is 3.81. The standard InChI is InChI=1S/C19H21NO/c1-14-13-18(20-19(14)21)12-9-15-7-10-17(11-8-15)16-5-3-2-4-6-16/h2-8,10-11,14,18H,9,12-13H2,1H3,(H,20,21)/t14-,18-/m1/s1. The van der Waals surface area contributed by atoms with Gasteiger partial charge in [-0.15, -0.1) is 0 Å². The third-order valence-corrected chi connectivity index (χ3v) is 4.27. The van der Waals surface area contributed by atoms with E-state index in [1.165, 1.54) is 16.7 Å². The Morgan fingerprint density at radius 1 is 1.00 bits per heavy atom. The third-order valence-electron chi connectivity index (χ3n) is 4.27. The van der Waals surface area contributed by atoms with Crippen LogP contribution in [-0.2, 0) is 11.2 Å². The van der Waals surface area contributed by atoms with E-state index in [2.05, 4.69) is 53.8 Å². The van der Waals surface area contributed by atoms with E-state index >= 15 is 0 Å². The van der Waals surface area contributed by atoms with Gasteiger partial charge in [0.05, 0.1) is 0 Å². The topological polar surface area (TPSA) is 29.1 Å². The van der Waals surface area contributed by atoms with E-state index in [0.717, 1.165) is 19.3 Å². The summed E-state index contributed by atoms with van der Waals surface area (Å²) >= 11 is 0. The van der Waals surface area contributed by atoms with E-state index in [4.69, 9.17) is 0 Å². The van der Waals surface area contributed by atoms with Crippen LogP contribution in [0.1, 0.15) is 25.3 Å². The number of amides is 1. The smallest absolute Gasteiger partial charge is 0.223 e. The van der Waals surface area contributed by atoms with Crippen molar-refractivity contribution in [2.75, 3.05) is 0 Å². The first-order valence-corrected chi connectivity index (χ1v) is 7.67. The molecule has 0 aromatic heterocycles. The molecule has 2 atom stereocenters. The molecule has 1 fully saturated rings. The van der Waals surface area contributed by atoms with Crippen LogP contribution in [0.2, 0.25) is 0 Å². The van der Waals surface area contributed by atoms with Crippen molar-refractivity contribution < 1.29 is 4.79 Å². The maximum Gasteiger partial charge on any atom is 0.223 e. The van der Waals surface area contributed by atoms with Crippen molar-refractivity contribution in [2.24, 2.45) is 5.92 Å². The van der Waals surface area contributed by atoms with Gasteiger partial charge in [0.1, 0.15) is 0 Å². The van der Waals surface area contributed by atoms with Gasteiger partial charge in [-0.25, -0.2) is 0 Å². The molecular weight excluding hydrogens is 258 g/mol. The van der Waals surface area contributed by atoms with Gasteiger partial charge < -0.3 is 5.32 Å². The normalized spacial score (nSPS) is 21.3. The minimum atomic E-state index is 0.176. The lowest BCUT2D eigenvalue weighted by Gasteiger charge is -2.10. The number of aryl methyl sites for hydroxylation is 1. The summed E-state index contributed by atoms with van der Waals surface area (Å²) in [5.74, 6) is 0.384. The maximum absolute atomic E-state index is 11.5. The second kappa shape index (κ2) is 6.13. The van der Waals surface area contributed by atoms with Gasteiger partial charge >= 0.3 is 0 Å². The summed E-state index contributed by atoms with van der Waals surface area (Å²) in [6, 6.07) is 19.5. The lowest BCUT2D eigenvalue weighted by Crippen LogP contribution is -2.26. The molecule has 2 heteroatoms. The molecule has 2 aromatic rings. The Hall–Kier alpha value is -2.09. The number of benzene rings is 2. The molecule has 0 aliphatic carbocycles. The van der Waals surface area contributed by atoms with Crippen LogP contribution in [0, 0.1) is 5.92 Å². The zero-order valence-electron chi connectivity index (χ0n) is 12.4. The van der Waals surface area contributed by atoms with Gasteiger partial charge in [-0.05, 0) is 36.0 Å². The van der Waals surface area contributed by atoms with E-state index in [-0.39, 0.29) is 11.8 Å². The third kappa shape index (κ3) is 3.33. The van der Waals surface area contributed by atoms with Crippen molar-refractivity contribution in [2.45, 2.75) is 32.2 Å². The van der Waals surface area contributed by atoms with Gasteiger partial charge in [0.2, 0.25) is 5.91 Å². The minimum absolute atomic E-state index is 0.176. The second-order valence-electron chi connectivity index (χ2n) is 5.94. The molecule has 1 aliphatic heterocycles. The molecule has 0 unspecified atom stereocenters. The molecule has 0 saturated carbocycles. The largest absolute Gasteiger partial charge is 0.353 e. The molecule has 1 saturated heterocycles. The number of rotatable bonds is 4. The molecule has 0 spiro atoms. The lowest BCUT2D eigenvalue weighted by atomic mass is 9.99. The summed E-state index contributed by atoms with van der Waals surface area (Å²) in [5, 5.41) is 3.07. The van der Waals surface area contributed by atoms with Gasteiger partial charge in [0, 0.05) is 12.0 Å². The van der Waals surface area contributed by atoms with Crippen LogP contribution in [-0.4, -0.2) is 11.9 Å². The van der Waals surface area contributed by atoms with Crippen LogP contribution in [0.3, 0.4) is 0 Å². The van der Waals surface area contributed by atoms with Crippen molar-refractivity contribution in [3.05, 3.63) is 60.2 Å². The molecule has 108 valence electrons. The van der Waals surface area contributed by atoms with Crippen LogP contribution in [0.5, 0.6) is 0 Å². The Labute approximate surface area is 126 Å². The Morgan fingerprint density at radius 3 is 2.29 bits per heavy atom. The number of hydrogen-bond donors (Lipinski definition) is 1. The molecule has 3 rings (SSSR count).